The Balaban J connectivity index is 1.73. The van der Waals surface area contributed by atoms with Gasteiger partial charge in [-0.1, -0.05) is 6.07 Å². The molecular formula is C24H27N5O2S. The van der Waals surface area contributed by atoms with E-state index in [9.17, 15) is 4.79 Å². The van der Waals surface area contributed by atoms with Crippen LogP contribution in [0.15, 0.2) is 55.0 Å². The smallest absolute Gasteiger partial charge is 0.307 e. The van der Waals surface area contributed by atoms with Crippen LogP contribution in [0, 0.1) is 13.8 Å². The molecule has 0 radical (unpaired) electrons. The molecular weight excluding hydrogens is 422 g/mol. The Labute approximate surface area is 193 Å². The fourth-order valence-corrected chi connectivity index (χ4v) is 4.67. The Morgan fingerprint density at radius 1 is 1.19 bits per heavy atom. The van der Waals surface area contributed by atoms with E-state index in [1.54, 1.807) is 6.20 Å². The predicted octanol–water partition coefficient (Wildman–Crippen LogP) is 3.48. The van der Waals surface area contributed by atoms with Gasteiger partial charge in [0.15, 0.2) is 5.11 Å². The van der Waals surface area contributed by atoms with E-state index in [2.05, 4.69) is 44.7 Å². The highest BCUT2D eigenvalue weighted by molar-refractivity contribution is 7.80. The number of rotatable bonds is 7. The molecule has 8 heteroatoms. The Bertz CT molecular complexity index is 1100. The maximum absolute atomic E-state index is 11.9. The minimum Gasteiger partial charge on any atom is -0.469 e. The van der Waals surface area contributed by atoms with Crippen molar-refractivity contribution in [3.63, 3.8) is 0 Å². The van der Waals surface area contributed by atoms with Crippen molar-refractivity contribution in [1.82, 2.24) is 24.8 Å². The molecule has 32 heavy (non-hydrogen) atoms. The molecule has 0 bridgehead atoms. The second-order valence-electron chi connectivity index (χ2n) is 7.91. The van der Waals surface area contributed by atoms with E-state index in [0.717, 1.165) is 12.2 Å². The zero-order valence-electron chi connectivity index (χ0n) is 18.5. The molecule has 0 saturated carbocycles. The third-order valence-electron chi connectivity index (χ3n) is 6.00. The zero-order chi connectivity index (χ0) is 22.7. The van der Waals surface area contributed by atoms with E-state index in [-0.39, 0.29) is 24.5 Å². The summed E-state index contributed by atoms with van der Waals surface area (Å²) in [7, 11) is 1.41. The first-order valence-electron chi connectivity index (χ1n) is 10.6. The first kappa shape index (κ1) is 22.0. The van der Waals surface area contributed by atoms with E-state index in [1.807, 2.05) is 42.7 Å². The van der Waals surface area contributed by atoms with Crippen LogP contribution in [-0.2, 0) is 16.1 Å². The molecule has 7 nitrogen and oxygen atoms in total. The van der Waals surface area contributed by atoms with Crippen molar-refractivity contribution in [2.24, 2.45) is 0 Å². The SMILES string of the molecule is COC(=O)CCN1C(=S)NC(c2ccccn2)C1c1cc(C)n(Cc2ccncc2)c1C. The number of nitrogens with one attached hydrogen (secondary N) is 1. The van der Waals surface area contributed by atoms with Gasteiger partial charge in [0.25, 0.3) is 0 Å². The summed E-state index contributed by atoms with van der Waals surface area (Å²) in [5, 5.41) is 4.06. The maximum atomic E-state index is 11.9. The van der Waals surface area contributed by atoms with Crippen molar-refractivity contribution >= 4 is 23.3 Å². The number of aryl methyl sites for hydroxylation is 1. The van der Waals surface area contributed by atoms with Gasteiger partial charge >= 0.3 is 5.97 Å². The third kappa shape index (κ3) is 4.36. The number of esters is 1. The number of pyridine rings is 2. The molecule has 1 aliphatic rings. The van der Waals surface area contributed by atoms with Crippen molar-refractivity contribution < 1.29 is 9.53 Å². The number of carbonyl (C=O) groups excluding carboxylic acids is 1. The number of aromatic nitrogens is 3. The van der Waals surface area contributed by atoms with Gasteiger partial charge in [-0.15, -0.1) is 0 Å². The lowest BCUT2D eigenvalue weighted by atomic mass is 9.96. The quantitative estimate of drug-likeness (QED) is 0.437. The van der Waals surface area contributed by atoms with Crippen LogP contribution in [0.3, 0.4) is 0 Å². The lowest BCUT2D eigenvalue weighted by Gasteiger charge is -2.28. The van der Waals surface area contributed by atoms with Crippen LogP contribution in [0.5, 0.6) is 0 Å². The van der Waals surface area contributed by atoms with Crippen LogP contribution in [0.25, 0.3) is 0 Å². The second kappa shape index (κ2) is 9.48. The first-order valence-corrected chi connectivity index (χ1v) is 11.0. The van der Waals surface area contributed by atoms with Crippen molar-refractivity contribution in [2.75, 3.05) is 13.7 Å². The molecule has 4 heterocycles. The Kier molecular flexibility index (Phi) is 6.50. The minimum absolute atomic E-state index is 0.0838. The van der Waals surface area contributed by atoms with E-state index < -0.39 is 0 Å². The number of thiocarbonyl (C=S) groups is 1. The van der Waals surface area contributed by atoms with E-state index in [1.165, 1.54) is 29.6 Å². The molecule has 4 rings (SSSR count). The molecule has 1 saturated heterocycles. The fourth-order valence-electron chi connectivity index (χ4n) is 4.34. The average molecular weight is 450 g/mol. The topological polar surface area (TPSA) is 72.3 Å². The standard InChI is InChI=1S/C24H27N5O2S/c1-16-14-19(17(2)29(16)15-18-7-11-25-12-8-18)23-22(20-6-4-5-10-26-20)27-24(32)28(23)13-9-21(30)31-3/h4-8,10-12,14,22-23H,9,13,15H2,1-3H3,(H,27,32). The molecule has 3 aromatic heterocycles. The molecule has 0 amide bonds. The summed E-state index contributed by atoms with van der Waals surface area (Å²) in [4.78, 5) is 22.7. The van der Waals surface area contributed by atoms with E-state index in [4.69, 9.17) is 17.0 Å². The molecule has 2 unspecified atom stereocenters. The van der Waals surface area contributed by atoms with Gasteiger partial charge in [-0.25, -0.2) is 0 Å². The summed E-state index contributed by atoms with van der Waals surface area (Å²) >= 11 is 5.69. The van der Waals surface area contributed by atoms with Gasteiger partial charge in [0.1, 0.15) is 0 Å². The lowest BCUT2D eigenvalue weighted by Crippen LogP contribution is -2.32. The number of ether oxygens (including phenoxy) is 1. The largest absolute Gasteiger partial charge is 0.469 e. The van der Waals surface area contributed by atoms with Crippen LogP contribution < -0.4 is 5.32 Å². The Hall–Kier alpha value is -3.26. The van der Waals surface area contributed by atoms with Crippen LogP contribution in [0.4, 0.5) is 0 Å². The van der Waals surface area contributed by atoms with Gasteiger partial charge in [-0.05, 0) is 67.5 Å². The van der Waals surface area contributed by atoms with Crippen molar-refractivity contribution in [1.29, 1.82) is 0 Å². The molecule has 3 aromatic rings. The summed E-state index contributed by atoms with van der Waals surface area (Å²) in [5.74, 6) is -0.254. The van der Waals surface area contributed by atoms with Crippen LogP contribution in [0.2, 0.25) is 0 Å². The molecule has 1 fully saturated rings. The normalized spacial score (nSPS) is 18.0. The van der Waals surface area contributed by atoms with Crippen molar-refractivity contribution in [3.05, 3.63) is 83.2 Å². The molecule has 0 aromatic carbocycles. The molecule has 1 N–H and O–H groups in total. The van der Waals surface area contributed by atoms with Crippen molar-refractivity contribution in [2.45, 2.75) is 38.9 Å². The summed E-state index contributed by atoms with van der Waals surface area (Å²) in [5.41, 5.74) is 5.61. The zero-order valence-corrected chi connectivity index (χ0v) is 19.3. The summed E-state index contributed by atoms with van der Waals surface area (Å²) in [6.07, 6.45) is 5.69. The second-order valence-corrected chi connectivity index (χ2v) is 8.30. The number of carbonyl (C=O) groups is 1. The van der Waals surface area contributed by atoms with E-state index in [0.29, 0.717) is 11.7 Å². The van der Waals surface area contributed by atoms with Gasteiger partial charge in [0, 0.05) is 43.1 Å². The molecule has 166 valence electrons. The molecule has 2 atom stereocenters. The average Bonchev–Trinajstić information content (AvgIpc) is 3.29. The summed E-state index contributed by atoms with van der Waals surface area (Å²) in [6, 6.07) is 12.0. The summed E-state index contributed by atoms with van der Waals surface area (Å²) < 4.78 is 7.17. The predicted molar refractivity (Wildman–Crippen MR) is 126 cm³/mol. The van der Waals surface area contributed by atoms with Crippen LogP contribution in [-0.4, -0.2) is 44.2 Å². The van der Waals surface area contributed by atoms with Gasteiger partial charge < -0.3 is 19.5 Å². The fraction of sp³-hybridized carbons (Fsp3) is 0.333. The lowest BCUT2D eigenvalue weighted by molar-refractivity contribution is -0.140. The molecule has 0 spiro atoms. The van der Waals surface area contributed by atoms with Crippen molar-refractivity contribution in [3.8, 4) is 0 Å². The number of nitrogens with zero attached hydrogens (tertiary/aromatic N) is 4. The van der Waals surface area contributed by atoms with Gasteiger partial charge in [-0.2, -0.15) is 0 Å². The number of hydrogen-bond acceptors (Lipinski definition) is 5. The monoisotopic (exact) mass is 449 g/mol. The molecule has 0 aliphatic carbocycles. The van der Waals surface area contributed by atoms with Gasteiger partial charge in [0.05, 0.1) is 31.3 Å². The summed E-state index contributed by atoms with van der Waals surface area (Å²) in [6.45, 7) is 5.49. The molecule has 1 aliphatic heterocycles. The third-order valence-corrected chi connectivity index (χ3v) is 6.36. The Morgan fingerprint density at radius 2 is 1.97 bits per heavy atom. The van der Waals surface area contributed by atoms with Crippen LogP contribution >= 0.6 is 12.2 Å². The highest BCUT2D eigenvalue weighted by Gasteiger charge is 2.41. The highest BCUT2D eigenvalue weighted by Crippen LogP contribution is 2.41. The van der Waals surface area contributed by atoms with Crippen LogP contribution in [0.1, 0.15) is 46.7 Å². The highest BCUT2D eigenvalue weighted by atomic mass is 32.1. The van der Waals surface area contributed by atoms with Gasteiger partial charge in [-0.3, -0.25) is 14.8 Å². The first-order chi connectivity index (χ1) is 15.5. The maximum Gasteiger partial charge on any atom is 0.307 e. The Morgan fingerprint density at radius 3 is 2.66 bits per heavy atom. The number of methoxy groups -OCH3 is 1. The minimum atomic E-state index is -0.254. The number of hydrogen-bond donors (Lipinski definition) is 1. The van der Waals surface area contributed by atoms with E-state index >= 15 is 0 Å². The van der Waals surface area contributed by atoms with Gasteiger partial charge in [0.2, 0.25) is 0 Å².